The summed E-state index contributed by atoms with van der Waals surface area (Å²) in [5.41, 5.74) is 0. The van der Waals surface area contributed by atoms with Crippen LogP contribution in [0.1, 0.15) is 19.3 Å². The van der Waals surface area contributed by atoms with Gasteiger partial charge in [-0.1, -0.05) is 0 Å². The molecule has 0 radical (unpaired) electrons. The highest BCUT2D eigenvalue weighted by molar-refractivity contribution is 5.07. The maximum atomic E-state index is 8.47. The normalized spacial score (nSPS) is 18.7. The Labute approximate surface area is 73.2 Å². The van der Waals surface area contributed by atoms with Gasteiger partial charge in [0, 0.05) is 13.1 Å². The van der Waals surface area contributed by atoms with E-state index >= 15 is 0 Å². The predicted octanol–water partition coefficient (Wildman–Crippen LogP) is 1.48. The Kier molecular flexibility index (Phi) is 3.46. The van der Waals surface area contributed by atoms with Crippen molar-refractivity contribution in [1.29, 1.82) is 5.26 Å². The molecule has 66 valence electrons. The van der Waals surface area contributed by atoms with Gasteiger partial charge < -0.3 is 9.64 Å². The summed E-state index contributed by atoms with van der Waals surface area (Å²) >= 11 is 0. The molecule has 0 aliphatic carbocycles. The summed E-state index contributed by atoms with van der Waals surface area (Å²) in [6, 6.07) is 1.99. The molecule has 1 fully saturated rings. The van der Waals surface area contributed by atoms with Crippen molar-refractivity contribution >= 4 is 0 Å². The summed E-state index contributed by atoms with van der Waals surface area (Å²) < 4.78 is 5.09. The summed E-state index contributed by atoms with van der Waals surface area (Å²) in [4.78, 5) is 2.12. The second kappa shape index (κ2) is 4.66. The zero-order chi connectivity index (χ0) is 8.81. The van der Waals surface area contributed by atoms with Gasteiger partial charge in [0.2, 0.25) is 0 Å². The Morgan fingerprint density at radius 3 is 2.58 bits per heavy atom. The van der Waals surface area contributed by atoms with Crippen molar-refractivity contribution in [1.82, 2.24) is 4.90 Å². The molecule has 0 saturated carbocycles. The molecular weight excluding hydrogens is 152 g/mol. The molecule has 1 aliphatic rings. The van der Waals surface area contributed by atoms with Gasteiger partial charge in [-0.25, -0.2) is 0 Å². The molecule has 3 nitrogen and oxygen atoms in total. The Bertz CT molecular complexity index is 199. The van der Waals surface area contributed by atoms with Gasteiger partial charge in [0.25, 0.3) is 0 Å². The Morgan fingerprint density at radius 1 is 1.42 bits per heavy atom. The zero-order valence-corrected chi connectivity index (χ0v) is 7.42. The number of nitrogens with zero attached hydrogens (tertiary/aromatic N) is 2. The van der Waals surface area contributed by atoms with E-state index in [0.717, 1.165) is 13.1 Å². The average molecular weight is 166 g/mol. The molecule has 1 saturated heterocycles. The van der Waals surface area contributed by atoms with Crippen molar-refractivity contribution in [3.8, 4) is 6.07 Å². The van der Waals surface area contributed by atoms with Gasteiger partial charge in [0.05, 0.1) is 19.3 Å². The smallest absolute Gasteiger partial charge is 0.199 e. The number of rotatable bonds is 2. The monoisotopic (exact) mass is 166 g/mol. The second-order valence-electron chi connectivity index (χ2n) is 2.86. The number of ether oxygens (including phenoxy) is 1. The highest BCUT2D eigenvalue weighted by Crippen LogP contribution is 2.14. The predicted molar refractivity (Wildman–Crippen MR) is 46.1 cm³/mol. The number of allylic oxidation sites excluding steroid dienone is 1. The standard InChI is InChI=1S/C9H14N2O/c1-12-9(5-6-10)11-7-3-2-4-8-11/h5H,2-4,7-8H2,1H3/b9-5-. The second-order valence-corrected chi connectivity index (χ2v) is 2.86. The molecule has 0 bridgehead atoms. The van der Waals surface area contributed by atoms with E-state index in [-0.39, 0.29) is 0 Å². The number of piperidine rings is 1. The van der Waals surface area contributed by atoms with Crippen LogP contribution in [-0.4, -0.2) is 25.1 Å². The number of nitriles is 1. The Hall–Kier alpha value is -1.17. The molecule has 0 N–H and O–H groups in total. The molecule has 0 aromatic rings. The van der Waals surface area contributed by atoms with E-state index in [0.29, 0.717) is 5.88 Å². The lowest BCUT2D eigenvalue weighted by Crippen LogP contribution is -2.29. The zero-order valence-electron chi connectivity index (χ0n) is 7.42. The van der Waals surface area contributed by atoms with Crippen molar-refractivity contribution in [2.24, 2.45) is 0 Å². The van der Waals surface area contributed by atoms with Crippen LogP contribution in [0.25, 0.3) is 0 Å². The van der Waals surface area contributed by atoms with Crippen LogP contribution in [0.5, 0.6) is 0 Å². The maximum absolute atomic E-state index is 8.47. The van der Waals surface area contributed by atoms with Crippen molar-refractivity contribution in [3.05, 3.63) is 12.0 Å². The van der Waals surface area contributed by atoms with Crippen molar-refractivity contribution < 1.29 is 4.74 Å². The number of hydrogen-bond acceptors (Lipinski definition) is 3. The fourth-order valence-corrected chi connectivity index (χ4v) is 1.45. The van der Waals surface area contributed by atoms with Crippen LogP contribution in [0.3, 0.4) is 0 Å². The van der Waals surface area contributed by atoms with Crippen molar-refractivity contribution in [3.63, 3.8) is 0 Å². The Morgan fingerprint density at radius 2 is 2.08 bits per heavy atom. The maximum Gasteiger partial charge on any atom is 0.199 e. The van der Waals surface area contributed by atoms with Crippen LogP contribution >= 0.6 is 0 Å². The van der Waals surface area contributed by atoms with E-state index in [2.05, 4.69) is 4.90 Å². The highest BCUT2D eigenvalue weighted by Gasteiger charge is 2.12. The van der Waals surface area contributed by atoms with Crippen LogP contribution in [0, 0.1) is 11.3 Å². The van der Waals surface area contributed by atoms with Gasteiger partial charge in [-0.2, -0.15) is 5.26 Å². The lowest BCUT2D eigenvalue weighted by molar-refractivity contribution is 0.135. The van der Waals surface area contributed by atoms with Crippen LogP contribution < -0.4 is 0 Å². The summed E-state index contributed by atoms with van der Waals surface area (Å²) in [6.07, 6.45) is 5.16. The quantitative estimate of drug-likeness (QED) is 0.460. The van der Waals surface area contributed by atoms with E-state index in [4.69, 9.17) is 10.00 Å². The molecule has 12 heavy (non-hydrogen) atoms. The summed E-state index contributed by atoms with van der Waals surface area (Å²) in [6.45, 7) is 2.03. The third-order valence-corrected chi connectivity index (χ3v) is 2.06. The van der Waals surface area contributed by atoms with E-state index < -0.39 is 0 Å². The minimum absolute atomic E-state index is 0.706. The summed E-state index contributed by atoms with van der Waals surface area (Å²) in [7, 11) is 1.61. The molecule has 1 rings (SSSR count). The minimum atomic E-state index is 0.706. The lowest BCUT2D eigenvalue weighted by atomic mass is 10.1. The molecule has 0 unspecified atom stereocenters. The van der Waals surface area contributed by atoms with Gasteiger partial charge in [-0.05, 0) is 19.3 Å². The van der Waals surface area contributed by atoms with E-state index in [1.165, 1.54) is 25.3 Å². The van der Waals surface area contributed by atoms with E-state index in [9.17, 15) is 0 Å². The highest BCUT2D eigenvalue weighted by atomic mass is 16.5. The third kappa shape index (κ3) is 2.16. The van der Waals surface area contributed by atoms with Crippen LogP contribution in [0.4, 0.5) is 0 Å². The van der Waals surface area contributed by atoms with Gasteiger partial charge >= 0.3 is 0 Å². The summed E-state index contributed by atoms with van der Waals surface area (Å²) in [5, 5.41) is 8.47. The SMILES string of the molecule is CO/C(=C\C#N)N1CCCCC1. The largest absolute Gasteiger partial charge is 0.482 e. The molecule has 1 heterocycles. The van der Waals surface area contributed by atoms with Crippen LogP contribution in [0.2, 0.25) is 0 Å². The topological polar surface area (TPSA) is 36.3 Å². The van der Waals surface area contributed by atoms with Gasteiger partial charge in [0.1, 0.15) is 0 Å². The third-order valence-electron chi connectivity index (χ3n) is 2.06. The minimum Gasteiger partial charge on any atom is -0.482 e. The first-order valence-corrected chi connectivity index (χ1v) is 4.27. The first-order chi connectivity index (χ1) is 5.88. The molecule has 0 spiro atoms. The molecule has 0 atom stereocenters. The van der Waals surface area contributed by atoms with E-state index in [1.54, 1.807) is 7.11 Å². The fourth-order valence-electron chi connectivity index (χ4n) is 1.45. The van der Waals surface area contributed by atoms with Crippen LogP contribution in [0.15, 0.2) is 12.0 Å². The van der Waals surface area contributed by atoms with Crippen molar-refractivity contribution in [2.45, 2.75) is 19.3 Å². The molecule has 0 amide bonds. The van der Waals surface area contributed by atoms with Crippen LogP contribution in [-0.2, 0) is 4.74 Å². The number of methoxy groups -OCH3 is 1. The lowest BCUT2D eigenvalue weighted by Gasteiger charge is -2.28. The average Bonchev–Trinajstić information content (AvgIpc) is 2.15. The van der Waals surface area contributed by atoms with Gasteiger partial charge in [0.15, 0.2) is 5.88 Å². The molecule has 1 aliphatic heterocycles. The Balaban J connectivity index is 2.53. The summed E-state index contributed by atoms with van der Waals surface area (Å²) in [5.74, 6) is 0.706. The first-order valence-electron chi connectivity index (χ1n) is 4.27. The first kappa shape index (κ1) is 8.92. The van der Waals surface area contributed by atoms with Crippen molar-refractivity contribution in [2.75, 3.05) is 20.2 Å². The number of hydrogen-bond donors (Lipinski definition) is 0. The van der Waals surface area contributed by atoms with Gasteiger partial charge in [-0.15, -0.1) is 0 Å². The number of likely N-dealkylation sites (tertiary alicyclic amines) is 1. The molecule has 0 aromatic heterocycles. The molecule has 3 heteroatoms. The van der Waals surface area contributed by atoms with Gasteiger partial charge in [-0.3, -0.25) is 0 Å². The van der Waals surface area contributed by atoms with E-state index in [1.807, 2.05) is 6.07 Å². The molecular formula is C9H14N2O. The fraction of sp³-hybridized carbons (Fsp3) is 0.667. The molecule has 0 aromatic carbocycles.